The fraction of sp³-hybridized carbons (Fsp3) is 0.524. The number of carbonyl (C=O) groups is 1. The van der Waals surface area contributed by atoms with Crippen molar-refractivity contribution < 1.29 is 4.79 Å². The average Bonchev–Trinajstić information content (AvgIpc) is 3.15. The van der Waals surface area contributed by atoms with Crippen LogP contribution in [0.2, 0.25) is 0 Å². The number of likely N-dealkylation sites (tertiary alicyclic amines) is 1. The van der Waals surface area contributed by atoms with E-state index in [1.807, 2.05) is 19.5 Å². The molecule has 1 aromatic heterocycles. The van der Waals surface area contributed by atoms with E-state index in [4.69, 9.17) is 0 Å². The second-order valence-electron chi connectivity index (χ2n) is 7.91. The van der Waals surface area contributed by atoms with E-state index in [9.17, 15) is 4.79 Å². The van der Waals surface area contributed by atoms with Gasteiger partial charge < -0.3 is 20.0 Å². The highest BCUT2D eigenvalue weighted by atomic mass is 32.1. The highest BCUT2D eigenvalue weighted by molar-refractivity contribution is 7.14. The number of amides is 1. The summed E-state index contributed by atoms with van der Waals surface area (Å²) < 4.78 is 0. The quantitative estimate of drug-likeness (QED) is 0.773. The predicted octanol–water partition coefficient (Wildman–Crippen LogP) is 3.09. The summed E-state index contributed by atoms with van der Waals surface area (Å²) in [5, 5.41) is 5.73. The van der Waals surface area contributed by atoms with Crippen LogP contribution in [0.1, 0.15) is 12.8 Å². The van der Waals surface area contributed by atoms with E-state index in [0.29, 0.717) is 5.13 Å². The number of piperidine rings is 1. The third-order valence-electron chi connectivity index (χ3n) is 5.15. The molecule has 2 aromatic rings. The van der Waals surface area contributed by atoms with Crippen molar-refractivity contribution in [2.24, 2.45) is 5.92 Å². The Morgan fingerprint density at radius 3 is 2.68 bits per heavy atom. The fourth-order valence-electron chi connectivity index (χ4n) is 3.42. The molecule has 28 heavy (non-hydrogen) atoms. The van der Waals surface area contributed by atoms with Crippen LogP contribution in [0, 0.1) is 5.92 Å². The number of likely N-dealkylation sites (N-methyl/N-ethyl adjacent to an activating group) is 1. The van der Waals surface area contributed by atoms with E-state index in [1.165, 1.54) is 11.3 Å². The lowest BCUT2D eigenvalue weighted by Gasteiger charge is -2.32. The SMILES string of the molecule is CN(C)CCN1CCCC(C(=O)Nc2nc(-c3ccc(N(C)C)cc3)cs2)C1. The number of benzene rings is 1. The van der Waals surface area contributed by atoms with Crippen LogP contribution in [-0.4, -0.2) is 75.1 Å². The molecule has 2 heterocycles. The number of nitrogens with one attached hydrogen (secondary N) is 1. The normalized spacial score (nSPS) is 17.7. The highest BCUT2D eigenvalue weighted by Crippen LogP contribution is 2.27. The zero-order chi connectivity index (χ0) is 20.1. The summed E-state index contributed by atoms with van der Waals surface area (Å²) in [5.41, 5.74) is 3.13. The van der Waals surface area contributed by atoms with Gasteiger partial charge in [0.25, 0.3) is 0 Å². The smallest absolute Gasteiger partial charge is 0.230 e. The summed E-state index contributed by atoms with van der Waals surface area (Å²) in [5.74, 6) is 0.140. The van der Waals surface area contributed by atoms with E-state index >= 15 is 0 Å². The Balaban J connectivity index is 1.57. The number of aromatic nitrogens is 1. The van der Waals surface area contributed by atoms with Gasteiger partial charge in [-0.15, -0.1) is 11.3 Å². The molecular weight excluding hydrogens is 370 g/mol. The van der Waals surface area contributed by atoms with Gasteiger partial charge in [0.2, 0.25) is 5.91 Å². The molecule has 6 nitrogen and oxygen atoms in total. The van der Waals surface area contributed by atoms with Crippen molar-refractivity contribution in [3.8, 4) is 11.3 Å². The minimum Gasteiger partial charge on any atom is -0.378 e. The molecule has 1 fully saturated rings. The lowest BCUT2D eigenvalue weighted by atomic mass is 9.97. The van der Waals surface area contributed by atoms with E-state index in [2.05, 4.69) is 63.4 Å². The van der Waals surface area contributed by atoms with Crippen molar-refractivity contribution in [1.82, 2.24) is 14.8 Å². The molecule has 0 saturated carbocycles. The third-order valence-corrected chi connectivity index (χ3v) is 5.91. The summed E-state index contributed by atoms with van der Waals surface area (Å²) in [4.78, 5) is 24.0. The fourth-order valence-corrected chi connectivity index (χ4v) is 4.14. The molecule has 1 aliphatic rings. The van der Waals surface area contributed by atoms with Crippen LogP contribution in [-0.2, 0) is 4.79 Å². The zero-order valence-corrected chi connectivity index (χ0v) is 18.1. The summed E-state index contributed by atoms with van der Waals surface area (Å²) in [6, 6.07) is 8.30. The number of rotatable bonds is 7. The molecule has 1 amide bonds. The number of thiazole rings is 1. The van der Waals surface area contributed by atoms with Crippen molar-refractivity contribution in [2.45, 2.75) is 12.8 Å². The second kappa shape index (κ2) is 9.49. The first kappa shape index (κ1) is 20.8. The predicted molar refractivity (Wildman–Crippen MR) is 118 cm³/mol. The van der Waals surface area contributed by atoms with E-state index in [-0.39, 0.29) is 11.8 Å². The van der Waals surface area contributed by atoms with Gasteiger partial charge in [0.15, 0.2) is 5.13 Å². The van der Waals surface area contributed by atoms with Crippen LogP contribution in [0.4, 0.5) is 10.8 Å². The highest BCUT2D eigenvalue weighted by Gasteiger charge is 2.26. The molecule has 0 spiro atoms. The van der Waals surface area contributed by atoms with E-state index in [0.717, 1.165) is 56.0 Å². The molecule has 0 bridgehead atoms. The first-order valence-electron chi connectivity index (χ1n) is 9.83. The molecule has 1 atom stereocenters. The summed E-state index contributed by atoms with van der Waals surface area (Å²) >= 11 is 1.49. The number of anilines is 2. The largest absolute Gasteiger partial charge is 0.378 e. The van der Waals surface area contributed by atoms with Crippen molar-refractivity contribution in [3.05, 3.63) is 29.6 Å². The molecule has 0 aliphatic carbocycles. The van der Waals surface area contributed by atoms with Crippen molar-refractivity contribution in [1.29, 1.82) is 0 Å². The Morgan fingerprint density at radius 1 is 1.25 bits per heavy atom. The maximum atomic E-state index is 12.7. The summed E-state index contributed by atoms with van der Waals surface area (Å²) in [6.45, 7) is 3.96. The molecule has 1 unspecified atom stereocenters. The first-order valence-corrected chi connectivity index (χ1v) is 10.7. The van der Waals surface area contributed by atoms with Gasteiger partial charge in [-0.1, -0.05) is 12.1 Å². The Labute approximate surface area is 172 Å². The lowest BCUT2D eigenvalue weighted by Crippen LogP contribution is -2.43. The molecule has 1 saturated heterocycles. The molecule has 7 heteroatoms. The molecule has 1 aromatic carbocycles. The van der Waals surface area contributed by atoms with Crippen molar-refractivity contribution >= 4 is 28.1 Å². The lowest BCUT2D eigenvalue weighted by molar-refractivity contribution is -0.121. The average molecular weight is 402 g/mol. The topological polar surface area (TPSA) is 51.7 Å². The van der Waals surface area contributed by atoms with Crippen LogP contribution < -0.4 is 10.2 Å². The van der Waals surface area contributed by atoms with Gasteiger partial charge >= 0.3 is 0 Å². The van der Waals surface area contributed by atoms with E-state index in [1.54, 1.807) is 0 Å². The Bertz CT molecular complexity index is 771. The monoisotopic (exact) mass is 401 g/mol. The van der Waals surface area contributed by atoms with E-state index < -0.39 is 0 Å². The van der Waals surface area contributed by atoms with Crippen LogP contribution >= 0.6 is 11.3 Å². The van der Waals surface area contributed by atoms with Crippen LogP contribution in [0.5, 0.6) is 0 Å². The molecular formula is C21H31N5OS. The maximum Gasteiger partial charge on any atom is 0.230 e. The molecule has 0 radical (unpaired) electrons. The van der Waals surface area contributed by atoms with Crippen LogP contribution in [0.15, 0.2) is 29.6 Å². The van der Waals surface area contributed by atoms with Crippen molar-refractivity contribution in [3.63, 3.8) is 0 Å². The molecule has 3 rings (SSSR count). The maximum absolute atomic E-state index is 12.7. The first-order chi connectivity index (χ1) is 13.4. The van der Waals surface area contributed by atoms with Crippen molar-refractivity contribution in [2.75, 3.05) is 64.6 Å². The minimum absolute atomic E-state index is 0.0441. The number of hydrogen-bond donors (Lipinski definition) is 1. The zero-order valence-electron chi connectivity index (χ0n) is 17.3. The van der Waals surface area contributed by atoms with Gasteiger partial charge in [-0.25, -0.2) is 4.98 Å². The van der Waals surface area contributed by atoms with Gasteiger partial charge in [-0.2, -0.15) is 0 Å². The van der Waals surface area contributed by atoms with Gasteiger partial charge in [-0.05, 0) is 45.6 Å². The van der Waals surface area contributed by atoms with Crippen LogP contribution in [0.25, 0.3) is 11.3 Å². The van der Waals surface area contributed by atoms with Gasteiger partial charge in [0, 0.05) is 50.4 Å². The minimum atomic E-state index is 0.0441. The molecule has 1 N–H and O–H groups in total. The standard InChI is InChI=1S/C21H31N5OS/c1-24(2)12-13-26-11-5-6-17(14-26)20(27)23-21-22-19(15-28-21)16-7-9-18(10-8-16)25(3)4/h7-10,15,17H,5-6,11-14H2,1-4H3,(H,22,23,27). The number of carbonyl (C=O) groups excluding carboxylic acids is 1. The van der Waals surface area contributed by atoms with Gasteiger partial charge in [-0.3, -0.25) is 4.79 Å². The summed E-state index contributed by atoms with van der Waals surface area (Å²) in [6.07, 6.45) is 2.03. The second-order valence-corrected chi connectivity index (χ2v) is 8.77. The Hall–Kier alpha value is -1.96. The Morgan fingerprint density at radius 2 is 2.00 bits per heavy atom. The molecule has 1 aliphatic heterocycles. The third kappa shape index (κ3) is 5.53. The molecule has 152 valence electrons. The number of nitrogens with zero attached hydrogens (tertiary/aromatic N) is 4. The van der Waals surface area contributed by atoms with Gasteiger partial charge in [0.1, 0.15) is 0 Å². The van der Waals surface area contributed by atoms with Crippen LogP contribution in [0.3, 0.4) is 0 Å². The summed E-state index contributed by atoms with van der Waals surface area (Å²) in [7, 11) is 8.22. The Kier molecular flexibility index (Phi) is 7.04. The number of hydrogen-bond acceptors (Lipinski definition) is 6. The van der Waals surface area contributed by atoms with Gasteiger partial charge in [0.05, 0.1) is 11.6 Å².